The van der Waals surface area contributed by atoms with Gasteiger partial charge in [0.15, 0.2) is 11.5 Å². The van der Waals surface area contributed by atoms with E-state index in [1.54, 1.807) is 18.0 Å². The number of nitrogens with zero attached hydrogens (tertiary/aromatic N) is 4. The Morgan fingerprint density at radius 1 is 0.889 bits per heavy atom. The second-order valence-electron chi connectivity index (χ2n) is 8.65. The highest BCUT2D eigenvalue weighted by molar-refractivity contribution is 6.33. The number of rotatable bonds is 3. The Balaban J connectivity index is 1.53. The number of halogens is 1. The zero-order chi connectivity index (χ0) is 24.2. The van der Waals surface area contributed by atoms with E-state index in [2.05, 4.69) is 41.4 Å². The third-order valence-electron chi connectivity index (χ3n) is 6.67. The smallest absolute Gasteiger partial charge is 0.228 e. The van der Waals surface area contributed by atoms with Crippen molar-refractivity contribution in [3.8, 4) is 28.8 Å². The average molecular weight is 491 g/mol. The lowest BCUT2D eigenvalue weighted by molar-refractivity contribution is 0.414. The van der Waals surface area contributed by atoms with Crippen LogP contribution in [0.5, 0.6) is 17.4 Å². The molecule has 2 aromatic heterocycles. The van der Waals surface area contributed by atoms with Crippen LogP contribution in [0.25, 0.3) is 27.8 Å². The van der Waals surface area contributed by atoms with Crippen molar-refractivity contribution in [2.24, 2.45) is 0 Å². The molecule has 0 N–H and O–H groups in total. The van der Waals surface area contributed by atoms with Gasteiger partial charge in [0.2, 0.25) is 5.88 Å². The fourth-order valence-electron chi connectivity index (χ4n) is 4.99. The predicted molar refractivity (Wildman–Crippen MR) is 139 cm³/mol. The highest BCUT2D eigenvalue weighted by Gasteiger charge is 2.34. The largest absolute Gasteiger partial charge is 0.497 e. The topological polar surface area (TPSA) is 61.5 Å². The minimum atomic E-state index is -0.180. The van der Waals surface area contributed by atoms with Crippen LogP contribution in [0.15, 0.2) is 91.3 Å². The molecule has 0 fully saturated rings. The van der Waals surface area contributed by atoms with E-state index in [4.69, 9.17) is 31.2 Å². The van der Waals surface area contributed by atoms with Crippen LogP contribution in [0.1, 0.15) is 22.6 Å². The van der Waals surface area contributed by atoms with E-state index in [0.29, 0.717) is 22.4 Å². The molecule has 0 unspecified atom stereocenters. The first-order chi connectivity index (χ1) is 17.7. The van der Waals surface area contributed by atoms with Gasteiger partial charge in [0.25, 0.3) is 0 Å². The molecule has 4 aromatic carbocycles. The fourth-order valence-corrected chi connectivity index (χ4v) is 5.21. The molecule has 6 aromatic rings. The third-order valence-corrected chi connectivity index (χ3v) is 7.00. The van der Waals surface area contributed by atoms with Crippen LogP contribution in [0.2, 0.25) is 5.02 Å². The van der Waals surface area contributed by atoms with Crippen LogP contribution in [-0.2, 0) is 0 Å². The van der Waals surface area contributed by atoms with Gasteiger partial charge >= 0.3 is 0 Å². The first-order valence-corrected chi connectivity index (χ1v) is 11.9. The summed E-state index contributed by atoms with van der Waals surface area (Å²) in [6, 6.07) is 28.1. The molecule has 0 spiro atoms. The van der Waals surface area contributed by atoms with Gasteiger partial charge in [-0.3, -0.25) is 0 Å². The molecular formula is C29H19ClN4O2. The molecule has 36 heavy (non-hydrogen) atoms. The van der Waals surface area contributed by atoms with Crippen molar-refractivity contribution in [3.05, 3.63) is 113 Å². The minimum absolute atomic E-state index is 0.180. The van der Waals surface area contributed by atoms with Crippen molar-refractivity contribution < 1.29 is 9.47 Å². The second-order valence-corrected chi connectivity index (χ2v) is 9.06. The molecule has 1 aliphatic rings. The number of hydrogen-bond acceptors (Lipinski definition) is 5. The molecule has 174 valence electrons. The molecule has 6 nitrogen and oxygen atoms in total. The monoisotopic (exact) mass is 490 g/mol. The highest BCUT2D eigenvalue weighted by Crippen LogP contribution is 2.50. The number of aromatic nitrogens is 4. The number of benzene rings is 4. The summed E-state index contributed by atoms with van der Waals surface area (Å²) in [5, 5.41) is 7.56. The number of fused-ring (bicyclic) bond motifs is 6. The molecule has 0 amide bonds. The maximum atomic E-state index is 6.47. The third kappa shape index (κ3) is 3.15. The van der Waals surface area contributed by atoms with Gasteiger partial charge < -0.3 is 9.47 Å². The molecule has 0 bridgehead atoms. The van der Waals surface area contributed by atoms with Crippen molar-refractivity contribution in [1.82, 2.24) is 19.6 Å². The van der Waals surface area contributed by atoms with E-state index in [9.17, 15) is 0 Å². The van der Waals surface area contributed by atoms with Crippen molar-refractivity contribution >= 4 is 28.0 Å². The lowest BCUT2D eigenvalue weighted by atomic mass is 9.81. The van der Waals surface area contributed by atoms with Gasteiger partial charge in [-0.25, -0.2) is 14.5 Å². The fraction of sp³-hybridized carbons (Fsp3) is 0.0690. The van der Waals surface area contributed by atoms with Gasteiger partial charge in [-0.15, -0.1) is 5.10 Å². The lowest BCUT2D eigenvalue weighted by Crippen LogP contribution is -2.15. The summed E-state index contributed by atoms with van der Waals surface area (Å²) in [5.41, 5.74) is 4.45. The lowest BCUT2D eigenvalue weighted by Gasteiger charge is -2.29. The summed E-state index contributed by atoms with van der Waals surface area (Å²) < 4.78 is 13.5. The molecule has 0 aliphatic carbocycles. The maximum absolute atomic E-state index is 6.47. The van der Waals surface area contributed by atoms with Crippen LogP contribution in [0.4, 0.5) is 0 Å². The molecule has 7 heteroatoms. The highest BCUT2D eigenvalue weighted by atomic mass is 35.5. The Labute approximate surface area is 211 Å². The van der Waals surface area contributed by atoms with Crippen molar-refractivity contribution in [2.45, 2.75) is 5.92 Å². The Bertz CT molecular complexity index is 1780. The van der Waals surface area contributed by atoms with Crippen LogP contribution in [0, 0.1) is 0 Å². The Morgan fingerprint density at radius 2 is 1.69 bits per heavy atom. The van der Waals surface area contributed by atoms with Gasteiger partial charge in [0.05, 0.1) is 17.7 Å². The van der Waals surface area contributed by atoms with Crippen LogP contribution < -0.4 is 9.47 Å². The first kappa shape index (κ1) is 20.9. The SMILES string of the molecule is COc1ccc([C@@H]2c3c(ccc4ccccc34)Oc3ncn4nc(-c5ccccc5Cl)nc4c32)cc1. The maximum Gasteiger partial charge on any atom is 0.228 e. The molecule has 0 saturated heterocycles. The number of methoxy groups -OCH3 is 1. The summed E-state index contributed by atoms with van der Waals surface area (Å²) in [4.78, 5) is 9.59. The average Bonchev–Trinajstić information content (AvgIpc) is 3.36. The molecule has 1 aliphatic heterocycles. The zero-order valence-corrected chi connectivity index (χ0v) is 20.0. The number of hydrogen-bond donors (Lipinski definition) is 0. The van der Waals surface area contributed by atoms with Crippen molar-refractivity contribution in [1.29, 1.82) is 0 Å². The van der Waals surface area contributed by atoms with Gasteiger partial charge in [-0.05, 0) is 46.7 Å². The number of ether oxygens (including phenoxy) is 2. The van der Waals surface area contributed by atoms with E-state index >= 15 is 0 Å². The normalized spacial score (nSPS) is 14.3. The van der Waals surface area contributed by atoms with Gasteiger partial charge in [-0.2, -0.15) is 0 Å². The van der Waals surface area contributed by atoms with Gasteiger partial charge in [-0.1, -0.05) is 66.2 Å². The van der Waals surface area contributed by atoms with E-state index in [0.717, 1.165) is 44.5 Å². The van der Waals surface area contributed by atoms with Crippen LogP contribution in [-0.4, -0.2) is 26.7 Å². The molecule has 7 rings (SSSR count). The molecular weight excluding hydrogens is 472 g/mol. The van der Waals surface area contributed by atoms with Crippen molar-refractivity contribution in [3.63, 3.8) is 0 Å². The summed E-state index contributed by atoms with van der Waals surface area (Å²) in [6.07, 6.45) is 1.64. The van der Waals surface area contributed by atoms with E-state index in [1.807, 2.05) is 48.5 Å². The quantitative estimate of drug-likeness (QED) is 0.270. The second kappa shape index (κ2) is 8.07. The molecule has 0 radical (unpaired) electrons. The van der Waals surface area contributed by atoms with E-state index in [-0.39, 0.29) is 5.92 Å². The summed E-state index contributed by atoms with van der Waals surface area (Å²) >= 11 is 6.47. The van der Waals surface area contributed by atoms with Crippen LogP contribution in [0.3, 0.4) is 0 Å². The predicted octanol–water partition coefficient (Wildman–Crippen LogP) is 6.89. The standard InChI is InChI=1S/C29H19ClN4O2/c1-35-19-13-10-18(11-14-19)24-25-20-7-3-2-6-17(20)12-15-23(25)36-29-26(24)28-32-27(33-34(28)16-31-29)21-8-4-5-9-22(21)30/h2-16,24H,1H3/t24-/m1/s1. The zero-order valence-electron chi connectivity index (χ0n) is 19.2. The molecule has 3 heterocycles. The summed E-state index contributed by atoms with van der Waals surface area (Å²) in [6.45, 7) is 0. The first-order valence-electron chi connectivity index (χ1n) is 11.5. The Kier molecular flexibility index (Phi) is 4.69. The van der Waals surface area contributed by atoms with Crippen molar-refractivity contribution in [2.75, 3.05) is 7.11 Å². The summed E-state index contributed by atoms with van der Waals surface area (Å²) in [7, 11) is 1.67. The minimum Gasteiger partial charge on any atom is -0.497 e. The Hall–Kier alpha value is -4.42. The Morgan fingerprint density at radius 3 is 2.53 bits per heavy atom. The van der Waals surface area contributed by atoms with Crippen LogP contribution >= 0.6 is 11.6 Å². The van der Waals surface area contributed by atoms with Gasteiger partial charge in [0.1, 0.15) is 17.8 Å². The van der Waals surface area contributed by atoms with Gasteiger partial charge in [0, 0.05) is 17.0 Å². The summed E-state index contributed by atoms with van der Waals surface area (Å²) in [5.74, 6) is 2.45. The molecule has 1 atom stereocenters. The van der Waals surface area contributed by atoms with E-state index in [1.165, 1.54) is 0 Å². The van der Waals surface area contributed by atoms with E-state index < -0.39 is 0 Å². The molecule has 0 saturated carbocycles.